The lowest BCUT2D eigenvalue weighted by molar-refractivity contribution is 0.471. The third-order valence-electron chi connectivity index (χ3n) is 1.63. The summed E-state index contributed by atoms with van der Waals surface area (Å²) in [7, 11) is 0. The van der Waals surface area contributed by atoms with Gasteiger partial charge in [-0.2, -0.15) is 0 Å². The van der Waals surface area contributed by atoms with E-state index in [9.17, 15) is 4.79 Å². The van der Waals surface area contributed by atoms with Crippen molar-refractivity contribution in [3.8, 4) is 5.75 Å². The Morgan fingerprint density at radius 1 is 1.50 bits per heavy atom. The quantitative estimate of drug-likeness (QED) is 0.800. The first kappa shape index (κ1) is 9.26. The molecular formula is C9H9BrO2. The zero-order valence-electron chi connectivity index (χ0n) is 6.67. The highest BCUT2D eigenvalue weighted by molar-refractivity contribution is 9.10. The molecule has 2 nitrogen and oxygen atoms in total. The molecule has 0 fully saturated rings. The molecule has 12 heavy (non-hydrogen) atoms. The first-order chi connectivity index (χ1) is 5.65. The van der Waals surface area contributed by atoms with Gasteiger partial charge in [0.15, 0.2) is 5.75 Å². The third kappa shape index (κ3) is 1.85. The van der Waals surface area contributed by atoms with Crippen LogP contribution >= 0.6 is 15.9 Å². The van der Waals surface area contributed by atoms with Crippen LogP contribution in [0.25, 0.3) is 0 Å². The van der Waals surface area contributed by atoms with E-state index in [4.69, 9.17) is 5.11 Å². The summed E-state index contributed by atoms with van der Waals surface area (Å²) in [6, 6.07) is 4.51. The molecule has 0 amide bonds. The Balaban J connectivity index is 3.46. The molecule has 0 aliphatic rings. The Kier molecular flexibility index (Phi) is 2.87. The minimum Gasteiger partial charge on any atom is -0.504 e. The zero-order valence-corrected chi connectivity index (χ0v) is 8.26. The second-order valence-corrected chi connectivity index (χ2v) is 3.31. The molecule has 64 valence electrons. The third-order valence-corrected chi connectivity index (χ3v) is 2.41. The first-order valence-corrected chi connectivity index (χ1v) is 4.46. The molecule has 0 atom stereocenters. The van der Waals surface area contributed by atoms with Crippen LogP contribution in [0, 0.1) is 0 Å². The van der Waals surface area contributed by atoms with E-state index in [1.54, 1.807) is 6.07 Å². The van der Waals surface area contributed by atoms with Gasteiger partial charge < -0.3 is 5.11 Å². The van der Waals surface area contributed by atoms with Gasteiger partial charge in [-0.15, -0.1) is 0 Å². The largest absolute Gasteiger partial charge is 0.504 e. The van der Waals surface area contributed by atoms with Crippen LogP contribution in [0.4, 0.5) is 0 Å². The van der Waals surface area contributed by atoms with Crippen molar-refractivity contribution in [1.82, 2.24) is 0 Å². The molecule has 0 saturated carbocycles. The smallest absolute Gasteiger partial charge is 0.220 e. The standard InChI is InChI=1S/C9H9BrO2/c1-2-6-5-9(12)8(11)4-3-7(6)10/h3-5H,2H2,1H3,(H,11,12). The van der Waals surface area contributed by atoms with Crippen molar-refractivity contribution < 1.29 is 5.11 Å². The Hall–Kier alpha value is -0.830. The molecule has 0 aliphatic heterocycles. The van der Waals surface area contributed by atoms with Crippen LogP contribution < -0.4 is 5.43 Å². The molecule has 0 aromatic heterocycles. The zero-order chi connectivity index (χ0) is 9.14. The van der Waals surface area contributed by atoms with Crippen LogP contribution in [0.15, 0.2) is 27.5 Å². The number of rotatable bonds is 1. The molecule has 0 saturated heterocycles. The van der Waals surface area contributed by atoms with Crippen LogP contribution in [0.1, 0.15) is 12.5 Å². The van der Waals surface area contributed by atoms with E-state index in [1.165, 1.54) is 12.1 Å². The SMILES string of the molecule is CCc1cc(=O)c(O)ccc1Br. The maximum absolute atomic E-state index is 11.1. The fraction of sp³-hybridized carbons (Fsp3) is 0.222. The molecule has 1 aromatic rings. The van der Waals surface area contributed by atoms with Gasteiger partial charge in [0.2, 0.25) is 5.43 Å². The number of hydrogen-bond acceptors (Lipinski definition) is 2. The van der Waals surface area contributed by atoms with Crippen molar-refractivity contribution in [2.24, 2.45) is 0 Å². The summed E-state index contributed by atoms with van der Waals surface area (Å²) in [5.41, 5.74) is 0.567. The molecule has 0 spiro atoms. The number of aryl methyl sites for hydroxylation is 1. The van der Waals surface area contributed by atoms with Crippen molar-refractivity contribution in [3.05, 3.63) is 38.5 Å². The minimum absolute atomic E-state index is 0.213. The summed E-state index contributed by atoms with van der Waals surface area (Å²) in [6.45, 7) is 1.95. The molecule has 3 heteroatoms. The molecule has 0 bridgehead atoms. The van der Waals surface area contributed by atoms with Crippen LogP contribution in [0.2, 0.25) is 0 Å². The molecule has 0 unspecified atom stereocenters. The molecule has 0 aliphatic carbocycles. The van der Waals surface area contributed by atoms with Gasteiger partial charge in [-0.3, -0.25) is 4.79 Å². The maximum atomic E-state index is 11.1. The van der Waals surface area contributed by atoms with E-state index in [-0.39, 0.29) is 11.2 Å². The van der Waals surface area contributed by atoms with Gasteiger partial charge in [0, 0.05) is 4.47 Å². The Bertz CT molecular complexity index is 347. The van der Waals surface area contributed by atoms with Crippen molar-refractivity contribution in [3.63, 3.8) is 0 Å². The topological polar surface area (TPSA) is 37.3 Å². The normalized spacial score (nSPS) is 9.83. The molecule has 0 heterocycles. The number of hydrogen-bond donors (Lipinski definition) is 1. The molecule has 1 rings (SSSR count). The van der Waals surface area contributed by atoms with Crippen molar-refractivity contribution in [1.29, 1.82) is 0 Å². The van der Waals surface area contributed by atoms with Gasteiger partial charge in [-0.05, 0) is 30.2 Å². The highest BCUT2D eigenvalue weighted by atomic mass is 79.9. The summed E-state index contributed by atoms with van der Waals surface area (Å²) < 4.78 is 0.849. The maximum Gasteiger partial charge on any atom is 0.220 e. The van der Waals surface area contributed by atoms with Crippen molar-refractivity contribution >= 4 is 15.9 Å². The Morgan fingerprint density at radius 3 is 2.75 bits per heavy atom. The van der Waals surface area contributed by atoms with E-state index in [0.29, 0.717) is 0 Å². The van der Waals surface area contributed by atoms with Crippen LogP contribution in [-0.4, -0.2) is 5.11 Å². The summed E-state index contributed by atoms with van der Waals surface area (Å²) >= 11 is 3.30. The van der Waals surface area contributed by atoms with Crippen LogP contribution in [-0.2, 0) is 6.42 Å². The second-order valence-electron chi connectivity index (χ2n) is 2.45. The van der Waals surface area contributed by atoms with E-state index in [2.05, 4.69) is 15.9 Å². The molecular weight excluding hydrogens is 220 g/mol. The average molecular weight is 229 g/mol. The first-order valence-electron chi connectivity index (χ1n) is 3.67. The fourth-order valence-corrected chi connectivity index (χ4v) is 1.44. The van der Waals surface area contributed by atoms with Crippen molar-refractivity contribution in [2.75, 3.05) is 0 Å². The number of halogens is 1. The van der Waals surface area contributed by atoms with Gasteiger partial charge in [0.25, 0.3) is 0 Å². The highest BCUT2D eigenvalue weighted by Crippen LogP contribution is 2.15. The summed E-state index contributed by atoms with van der Waals surface area (Å²) in [4.78, 5) is 11.1. The average Bonchev–Trinajstić information content (AvgIpc) is 2.18. The summed E-state index contributed by atoms with van der Waals surface area (Å²) in [6.07, 6.45) is 0.768. The second kappa shape index (κ2) is 3.72. The predicted molar refractivity (Wildman–Crippen MR) is 51.5 cm³/mol. The lowest BCUT2D eigenvalue weighted by Gasteiger charge is -1.91. The minimum atomic E-state index is -0.336. The summed E-state index contributed by atoms with van der Waals surface area (Å²) in [5.74, 6) is -0.213. The molecule has 1 aromatic carbocycles. The van der Waals surface area contributed by atoms with Gasteiger partial charge in [0.05, 0.1) is 0 Å². The predicted octanol–water partition coefficient (Wildman–Crippen LogP) is 2.08. The van der Waals surface area contributed by atoms with E-state index >= 15 is 0 Å². The van der Waals surface area contributed by atoms with Gasteiger partial charge in [0.1, 0.15) is 0 Å². The lowest BCUT2D eigenvalue weighted by Crippen LogP contribution is -1.94. The summed E-state index contributed by atoms with van der Waals surface area (Å²) in [5, 5.41) is 9.09. The van der Waals surface area contributed by atoms with E-state index in [1.807, 2.05) is 6.92 Å². The van der Waals surface area contributed by atoms with Gasteiger partial charge in [-0.25, -0.2) is 0 Å². The lowest BCUT2D eigenvalue weighted by atomic mass is 10.2. The Labute approximate surface area is 79.0 Å². The van der Waals surface area contributed by atoms with Crippen molar-refractivity contribution in [2.45, 2.75) is 13.3 Å². The van der Waals surface area contributed by atoms with Gasteiger partial charge in [-0.1, -0.05) is 22.9 Å². The number of aromatic hydroxyl groups is 1. The van der Waals surface area contributed by atoms with Gasteiger partial charge >= 0.3 is 0 Å². The molecule has 0 radical (unpaired) electrons. The van der Waals surface area contributed by atoms with Crippen LogP contribution in [0.5, 0.6) is 5.75 Å². The van der Waals surface area contributed by atoms with E-state index in [0.717, 1.165) is 16.5 Å². The Morgan fingerprint density at radius 2 is 2.17 bits per heavy atom. The highest BCUT2D eigenvalue weighted by Gasteiger charge is 1.98. The van der Waals surface area contributed by atoms with E-state index < -0.39 is 0 Å². The molecule has 1 N–H and O–H groups in total. The fourth-order valence-electron chi connectivity index (χ4n) is 0.913. The monoisotopic (exact) mass is 228 g/mol. The van der Waals surface area contributed by atoms with Crippen LogP contribution in [0.3, 0.4) is 0 Å².